The van der Waals surface area contributed by atoms with Crippen molar-refractivity contribution in [2.75, 3.05) is 29.5 Å². The quantitative estimate of drug-likeness (QED) is 0.843. The van der Waals surface area contributed by atoms with Gasteiger partial charge in [0.05, 0.1) is 0 Å². The first-order valence-corrected chi connectivity index (χ1v) is 7.15. The molecule has 0 aliphatic carbocycles. The Kier molecular flexibility index (Phi) is 4.10. The molecule has 1 aromatic heterocycles. The molecule has 1 unspecified atom stereocenters. The second kappa shape index (κ2) is 5.58. The van der Waals surface area contributed by atoms with Crippen molar-refractivity contribution in [3.63, 3.8) is 0 Å². The van der Waals surface area contributed by atoms with Gasteiger partial charge in [-0.3, -0.25) is 0 Å². The van der Waals surface area contributed by atoms with Crippen LogP contribution in [0, 0.1) is 0 Å². The zero-order chi connectivity index (χ0) is 12.1. The molecule has 2 rings (SSSR count). The van der Waals surface area contributed by atoms with Crippen molar-refractivity contribution >= 4 is 23.5 Å². The van der Waals surface area contributed by atoms with Gasteiger partial charge in [0.2, 0.25) is 5.95 Å². The van der Waals surface area contributed by atoms with E-state index in [1.165, 1.54) is 18.6 Å². The second-order valence-electron chi connectivity index (χ2n) is 4.55. The Hall–Kier alpha value is -0.970. The molecule has 2 N–H and O–H groups in total. The highest BCUT2D eigenvalue weighted by Gasteiger charge is 2.29. The van der Waals surface area contributed by atoms with Crippen molar-refractivity contribution in [3.8, 4) is 0 Å². The summed E-state index contributed by atoms with van der Waals surface area (Å²) in [5.74, 6) is 2.89. The highest BCUT2D eigenvalue weighted by Crippen LogP contribution is 2.37. The molecule has 0 amide bonds. The summed E-state index contributed by atoms with van der Waals surface area (Å²) in [5, 5.41) is 6.53. The SMILES string of the molecule is CCNc1nccc(NCC2(C)CCCS2)n1. The molecular formula is C12H20N4S. The zero-order valence-corrected chi connectivity index (χ0v) is 11.3. The van der Waals surface area contributed by atoms with Crippen molar-refractivity contribution < 1.29 is 0 Å². The molecule has 0 bridgehead atoms. The van der Waals surface area contributed by atoms with Gasteiger partial charge in [-0.25, -0.2) is 4.98 Å². The summed E-state index contributed by atoms with van der Waals surface area (Å²) in [6.45, 7) is 6.18. The third-order valence-electron chi connectivity index (χ3n) is 2.93. The maximum Gasteiger partial charge on any atom is 0.224 e. The molecule has 1 aromatic rings. The van der Waals surface area contributed by atoms with E-state index in [0.717, 1.165) is 18.9 Å². The Bertz CT molecular complexity index is 363. The fourth-order valence-corrected chi connectivity index (χ4v) is 3.20. The van der Waals surface area contributed by atoms with Crippen LogP contribution in [0.5, 0.6) is 0 Å². The molecule has 0 saturated carbocycles. The Balaban J connectivity index is 1.91. The van der Waals surface area contributed by atoms with Crippen LogP contribution in [0.25, 0.3) is 0 Å². The van der Waals surface area contributed by atoms with E-state index in [9.17, 15) is 0 Å². The van der Waals surface area contributed by atoms with Crippen molar-refractivity contribution in [2.45, 2.75) is 31.4 Å². The van der Waals surface area contributed by atoms with Crippen molar-refractivity contribution in [1.82, 2.24) is 9.97 Å². The van der Waals surface area contributed by atoms with Gasteiger partial charge in [0.25, 0.3) is 0 Å². The Labute approximate surface area is 107 Å². The van der Waals surface area contributed by atoms with Crippen molar-refractivity contribution in [3.05, 3.63) is 12.3 Å². The summed E-state index contributed by atoms with van der Waals surface area (Å²) in [4.78, 5) is 8.57. The van der Waals surface area contributed by atoms with E-state index in [2.05, 4.69) is 39.3 Å². The van der Waals surface area contributed by atoms with Crippen LogP contribution in [-0.2, 0) is 0 Å². The van der Waals surface area contributed by atoms with Crippen molar-refractivity contribution in [1.29, 1.82) is 0 Å². The molecule has 5 heteroatoms. The van der Waals surface area contributed by atoms with Crippen LogP contribution in [-0.4, -0.2) is 33.6 Å². The number of nitrogens with zero attached hydrogens (tertiary/aromatic N) is 2. The zero-order valence-electron chi connectivity index (χ0n) is 10.5. The number of rotatable bonds is 5. The third-order valence-corrected chi connectivity index (χ3v) is 4.47. The third kappa shape index (κ3) is 3.49. The number of hydrogen-bond donors (Lipinski definition) is 2. The lowest BCUT2D eigenvalue weighted by Gasteiger charge is -2.23. The average molecular weight is 252 g/mol. The van der Waals surface area contributed by atoms with Crippen LogP contribution in [0.2, 0.25) is 0 Å². The van der Waals surface area contributed by atoms with E-state index in [1.54, 1.807) is 6.20 Å². The fraction of sp³-hybridized carbons (Fsp3) is 0.667. The number of anilines is 2. The molecule has 17 heavy (non-hydrogen) atoms. The molecule has 1 fully saturated rings. The first-order valence-electron chi connectivity index (χ1n) is 6.17. The summed E-state index contributed by atoms with van der Waals surface area (Å²) in [5.41, 5.74) is 0. The lowest BCUT2D eigenvalue weighted by molar-refractivity contribution is 0.633. The smallest absolute Gasteiger partial charge is 0.224 e. The minimum atomic E-state index is 0.364. The molecule has 2 heterocycles. The van der Waals surface area contributed by atoms with Crippen LogP contribution in [0.15, 0.2) is 12.3 Å². The van der Waals surface area contributed by atoms with E-state index < -0.39 is 0 Å². The maximum absolute atomic E-state index is 4.41. The van der Waals surface area contributed by atoms with Gasteiger partial charge in [-0.05, 0) is 38.5 Å². The topological polar surface area (TPSA) is 49.8 Å². The predicted molar refractivity (Wildman–Crippen MR) is 74.8 cm³/mol. The second-order valence-corrected chi connectivity index (χ2v) is 6.23. The van der Waals surface area contributed by atoms with Crippen LogP contribution in [0.1, 0.15) is 26.7 Å². The number of nitrogens with one attached hydrogen (secondary N) is 2. The minimum Gasteiger partial charge on any atom is -0.369 e. The number of hydrogen-bond acceptors (Lipinski definition) is 5. The van der Waals surface area contributed by atoms with E-state index in [1.807, 2.05) is 13.0 Å². The largest absolute Gasteiger partial charge is 0.369 e. The Morgan fingerprint density at radius 2 is 2.35 bits per heavy atom. The molecule has 1 aliphatic rings. The van der Waals surface area contributed by atoms with Gasteiger partial charge in [-0.2, -0.15) is 16.7 Å². The van der Waals surface area contributed by atoms with Crippen molar-refractivity contribution in [2.24, 2.45) is 0 Å². The van der Waals surface area contributed by atoms with E-state index in [4.69, 9.17) is 0 Å². The molecule has 1 atom stereocenters. The summed E-state index contributed by atoms with van der Waals surface area (Å²) in [7, 11) is 0. The average Bonchev–Trinajstić information content (AvgIpc) is 2.76. The molecule has 4 nitrogen and oxygen atoms in total. The van der Waals surface area contributed by atoms with Gasteiger partial charge in [-0.15, -0.1) is 0 Å². The molecular weight excluding hydrogens is 232 g/mol. The lowest BCUT2D eigenvalue weighted by Crippen LogP contribution is -2.27. The molecule has 0 aromatic carbocycles. The summed E-state index contributed by atoms with van der Waals surface area (Å²) in [6.07, 6.45) is 4.41. The predicted octanol–water partition coefficient (Wildman–Crippen LogP) is 2.61. The summed E-state index contributed by atoms with van der Waals surface area (Å²) >= 11 is 2.06. The number of aromatic nitrogens is 2. The van der Waals surface area contributed by atoms with Gasteiger partial charge in [0, 0.05) is 24.0 Å². The molecule has 1 aliphatic heterocycles. The highest BCUT2D eigenvalue weighted by atomic mass is 32.2. The van der Waals surface area contributed by atoms with Gasteiger partial charge in [-0.1, -0.05) is 0 Å². The Morgan fingerprint density at radius 3 is 3.06 bits per heavy atom. The first-order chi connectivity index (χ1) is 8.22. The minimum absolute atomic E-state index is 0.364. The van der Waals surface area contributed by atoms with Crippen LogP contribution >= 0.6 is 11.8 Å². The maximum atomic E-state index is 4.41. The van der Waals surface area contributed by atoms with Gasteiger partial charge in [0.1, 0.15) is 5.82 Å². The van der Waals surface area contributed by atoms with Crippen LogP contribution in [0.4, 0.5) is 11.8 Å². The van der Waals surface area contributed by atoms with E-state index >= 15 is 0 Å². The van der Waals surface area contributed by atoms with Gasteiger partial charge < -0.3 is 10.6 Å². The molecule has 94 valence electrons. The first kappa shape index (κ1) is 12.5. The van der Waals surface area contributed by atoms with E-state index in [-0.39, 0.29) is 0 Å². The fourth-order valence-electron chi connectivity index (χ4n) is 1.95. The number of thioether (sulfide) groups is 1. The summed E-state index contributed by atoms with van der Waals surface area (Å²) < 4.78 is 0.364. The normalized spacial score (nSPS) is 23.6. The van der Waals surface area contributed by atoms with Crippen LogP contribution in [0.3, 0.4) is 0 Å². The molecule has 0 spiro atoms. The Morgan fingerprint density at radius 1 is 1.47 bits per heavy atom. The monoisotopic (exact) mass is 252 g/mol. The molecule has 0 radical (unpaired) electrons. The standard InChI is InChI=1S/C12H20N4S/c1-3-13-11-14-7-5-10(16-11)15-9-12(2)6-4-8-17-12/h5,7H,3-4,6,8-9H2,1-2H3,(H2,13,14,15,16). The van der Waals surface area contributed by atoms with Gasteiger partial charge in [0.15, 0.2) is 0 Å². The van der Waals surface area contributed by atoms with Crippen LogP contribution < -0.4 is 10.6 Å². The molecule has 1 saturated heterocycles. The van der Waals surface area contributed by atoms with E-state index in [0.29, 0.717) is 10.7 Å². The summed E-state index contributed by atoms with van der Waals surface area (Å²) in [6, 6.07) is 1.92. The lowest BCUT2D eigenvalue weighted by atomic mass is 10.1. The highest BCUT2D eigenvalue weighted by molar-refractivity contribution is 8.00. The van der Waals surface area contributed by atoms with Gasteiger partial charge >= 0.3 is 0 Å².